The minimum Gasteiger partial charge on any atom is -0.341 e. The topological polar surface area (TPSA) is 44.1 Å². The average molecular weight is 242 g/mol. The van der Waals surface area contributed by atoms with Crippen LogP contribution in [0, 0.1) is 11.3 Å². The lowest BCUT2D eigenvalue weighted by molar-refractivity contribution is -0.131. The van der Waals surface area contributed by atoms with E-state index in [0.717, 1.165) is 31.5 Å². The van der Waals surface area contributed by atoms with Gasteiger partial charge < -0.3 is 4.90 Å². The highest BCUT2D eigenvalue weighted by atomic mass is 16.2. The Hall–Kier alpha value is -1.82. The van der Waals surface area contributed by atoms with Gasteiger partial charge in [0.25, 0.3) is 0 Å². The number of rotatable bonds is 2. The summed E-state index contributed by atoms with van der Waals surface area (Å²) >= 11 is 0. The highest BCUT2D eigenvalue weighted by Gasteiger charge is 2.25. The number of hydrogen-bond donors (Lipinski definition) is 0. The maximum atomic E-state index is 12.4. The van der Waals surface area contributed by atoms with Crippen LogP contribution in [0.3, 0.4) is 0 Å². The monoisotopic (exact) mass is 242 g/mol. The highest BCUT2D eigenvalue weighted by Crippen LogP contribution is 2.20. The van der Waals surface area contributed by atoms with Crippen LogP contribution >= 0.6 is 0 Å². The van der Waals surface area contributed by atoms with Crippen molar-refractivity contribution in [3.63, 3.8) is 0 Å². The molecule has 18 heavy (non-hydrogen) atoms. The highest BCUT2D eigenvalue weighted by molar-refractivity contribution is 5.86. The molecule has 1 fully saturated rings. The molecule has 1 unspecified atom stereocenters. The summed E-state index contributed by atoms with van der Waals surface area (Å²) in [5.74, 6) is -0.685. The van der Waals surface area contributed by atoms with E-state index in [1.165, 1.54) is 12.8 Å². The molecule has 1 heterocycles. The minimum atomic E-state index is -0.649. The predicted molar refractivity (Wildman–Crippen MR) is 69.8 cm³/mol. The van der Waals surface area contributed by atoms with Gasteiger partial charge in [-0.25, -0.2) is 0 Å². The normalized spacial score (nSPS) is 17.6. The molecule has 94 valence electrons. The molecule has 1 amide bonds. The number of hydrogen-bond acceptors (Lipinski definition) is 2. The second kappa shape index (κ2) is 6.20. The molecule has 0 saturated carbocycles. The summed E-state index contributed by atoms with van der Waals surface area (Å²) in [5, 5.41) is 9.25. The van der Waals surface area contributed by atoms with Gasteiger partial charge >= 0.3 is 0 Å². The van der Waals surface area contributed by atoms with Crippen molar-refractivity contribution in [3.8, 4) is 6.07 Å². The average Bonchev–Trinajstić information content (AvgIpc) is 2.69. The maximum absolute atomic E-state index is 12.4. The third-order valence-corrected chi connectivity index (χ3v) is 3.43. The standard InChI is InChI=1S/C15H18N2O/c16-12-14(13-8-4-3-5-9-13)15(18)17-10-6-1-2-7-11-17/h3-5,8-9,14H,1-2,6-7,10-11H2. The van der Waals surface area contributed by atoms with Crippen LogP contribution in [0.5, 0.6) is 0 Å². The Labute approximate surface area is 108 Å². The number of benzene rings is 1. The fourth-order valence-electron chi connectivity index (χ4n) is 2.39. The number of nitriles is 1. The molecule has 0 spiro atoms. The Morgan fingerprint density at radius 3 is 2.28 bits per heavy atom. The van der Waals surface area contributed by atoms with Crippen molar-refractivity contribution in [3.05, 3.63) is 35.9 Å². The largest absolute Gasteiger partial charge is 0.341 e. The molecule has 1 atom stereocenters. The second-order valence-corrected chi connectivity index (χ2v) is 4.71. The molecule has 0 radical (unpaired) electrons. The van der Waals surface area contributed by atoms with E-state index in [-0.39, 0.29) is 5.91 Å². The Balaban J connectivity index is 2.13. The summed E-state index contributed by atoms with van der Waals surface area (Å²) in [6.45, 7) is 1.59. The summed E-state index contributed by atoms with van der Waals surface area (Å²) in [7, 11) is 0. The molecule has 1 saturated heterocycles. The first kappa shape index (κ1) is 12.6. The molecule has 1 aromatic rings. The van der Waals surface area contributed by atoms with Crippen molar-refractivity contribution in [1.82, 2.24) is 4.90 Å². The van der Waals surface area contributed by atoms with E-state index in [1.54, 1.807) is 0 Å². The van der Waals surface area contributed by atoms with Gasteiger partial charge in [0.15, 0.2) is 0 Å². The molecule has 1 aliphatic rings. The Kier molecular flexibility index (Phi) is 4.35. The maximum Gasteiger partial charge on any atom is 0.244 e. The molecule has 0 bridgehead atoms. The zero-order chi connectivity index (χ0) is 12.8. The fraction of sp³-hybridized carbons (Fsp3) is 0.467. The van der Waals surface area contributed by atoms with E-state index in [4.69, 9.17) is 0 Å². The third-order valence-electron chi connectivity index (χ3n) is 3.43. The zero-order valence-electron chi connectivity index (χ0n) is 10.5. The van der Waals surface area contributed by atoms with Crippen LogP contribution in [-0.4, -0.2) is 23.9 Å². The molecule has 0 aliphatic carbocycles. The van der Waals surface area contributed by atoms with Gasteiger partial charge in [-0.1, -0.05) is 43.2 Å². The molecular weight excluding hydrogens is 224 g/mol. The number of nitrogens with zero attached hydrogens (tertiary/aromatic N) is 2. The lowest BCUT2D eigenvalue weighted by Crippen LogP contribution is -2.35. The molecule has 1 aromatic carbocycles. The van der Waals surface area contributed by atoms with Crippen LogP contribution in [0.2, 0.25) is 0 Å². The van der Waals surface area contributed by atoms with E-state index >= 15 is 0 Å². The SMILES string of the molecule is N#CC(C(=O)N1CCCCCC1)c1ccccc1. The van der Waals surface area contributed by atoms with Crippen molar-refractivity contribution in [2.24, 2.45) is 0 Å². The van der Waals surface area contributed by atoms with Crippen LogP contribution in [0.15, 0.2) is 30.3 Å². The predicted octanol–water partition coefficient (Wildman–Crippen LogP) is 2.70. The first-order valence-electron chi connectivity index (χ1n) is 6.56. The van der Waals surface area contributed by atoms with E-state index in [9.17, 15) is 10.1 Å². The summed E-state index contributed by atoms with van der Waals surface area (Å²) in [6, 6.07) is 11.5. The quantitative estimate of drug-likeness (QED) is 0.800. The molecule has 3 nitrogen and oxygen atoms in total. The summed E-state index contributed by atoms with van der Waals surface area (Å²) in [4.78, 5) is 14.2. The first-order chi connectivity index (χ1) is 8.83. The summed E-state index contributed by atoms with van der Waals surface area (Å²) in [6.07, 6.45) is 4.48. The van der Waals surface area contributed by atoms with Gasteiger partial charge in [-0.3, -0.25) is 4.79 Å². The van der Waals surface area contributed by atoms with Crippen LogP contribution in [0.25, 0.3) is 0 Å². The van der Waals surface area contributed by atoms with Crippen molar-refractivity contribution >= 4 is 5.91 Å². The van der Waals surface area contributed by atoms with Crippen molar-refractivity contribution in [2.75, 3.05) is 13.1 Å². The van der Waals surface area contributed by atoms with Gasteiger partial charge in [-0.15, -0.1) is 0 Å². The molecule has 0 N–H and O–H groups in total. The second-order valence-electron chi connectivity index (χ2n) is 4.71. The van der Waals surface area contributed by atoms with Crippen LogP contribution in [0.1, 0.15) is 37.2 Å². The molecular formula is C15H18N2O. The van der Waals surface area contributed by atoms with E-state index in [2.05, 4.69) is 6.07 Å². The zero-order valence-corrected chi connectivity index (χ0v) is 10.5. The number of carbonyl (C=O) groups excluding carboxylic acids is 1. The summed E-state index contributed by atoms with van der Waals surface area (Å²) < 4.78 is 0. The van der Waals surface area contributed by atoms with E-state index < -0.39 is 5.92 Å². The smallest absolute Gasteiger partial charge is 0.244 e. The van der Waals surface area contributed by atoms with Crippen LogP contribution < -0.4 is 0 Å². The Morgan fingerprint density at radius 2 is 1.72 bits per heavy atom. The van der Waals surface area contributed by atoms with Gasteiger partial charge in [0, 0.05) is 13.1 Å². The number of amides is 1. The third kappa shape index (κ3) is 2.89. The van der Waals surface area contributed by atoms with E-state index in [0.29, 0.717) is 0 Å². The van der Waals surface area contributed by atoms with Gasteiger partial charge in [0.1, 0.15) is 5.92 Å². The van der Waals surface area contributed by atoms with Crippen LogP contribution in [-0.2, 0) is 4.79 Å². The lowest BCUT2D eigenvalue weighted by Gasteiger charge is -2.23. The first-order valence-corrected chi connectivity index (χ1v) is 6.56. The molecule has 0 aromatic heterocycles. The molecule has 3 heteroatoms. The molecule has 1 aliphatic heterocycles. The van der Waals surface area contributed by atoms with Crippen molar-refractivity contribution in [1.29, 1.82) is 5.26 Å². The number of likely N-dealkylation sites (tertiary alicyclic amines) is 1. The number of carbonyl (C=O) groups is 1. The van der Waals surface area contributed by atoms with Crippen LogP contribution in [0.4, 0.5) is 0 Å². The Bertz CT molecular complexity index is 428. The van der Waals surface area contributed by atoms with Gasteiger partial charge in [-0.05, 0) is 18.4 Å². The Morgan fingerprint density at radius 1 is 1.11 bits per heavy atom. The van der Waals surface area contributed by atoms with Gasteiger partial charge in [-0.2, -0.15) is 5.26 Å². The van der Waals surface area contributed by atoms with Gasteiger partial charge in [0.2, 0.25) is 5.91 Å². The van der Waals surface area contributed by atoms with Gasteiger partial charge in [0.05, 0.1) is 6.07 Å². The minimum absolute atomic E-state index is 0.0365. The summed E-state index contributed by atoms with van der Waals surface area (Å²) in [5.41, 5.74) is 0.800. The molecule has 2 rings (SSSR count). The lowest BCUT2D eigenvalue weighted by atomic mass is 9.99. The van der Waals surface area contributed by atoms with E-state index in [1.807, 2.05) is 35.2 Å². The fourth-order valence-corrected chi connectivity index (χ4v) is 2.39. The van der Waals surface area contributed by atoms with Crippen molar-refractivity contribution in [2.45, 2.75) is 31.6 Å². The van der Waals surface area contributed by atoms with Crippen molar-refractivity contribution < 1.29 is 4.79 Å².